The topological polar surface area (TPSA) is 49.4 Å². The molecule has 0 aliphatic heterocycles. The van der Waals surface area contributed by atoms with E-state index in [1.807, 2.05) is 78.9 Å². The van der Waals surface area contributed by atoms with Crippen molar-refractivity contribution in [2.75, 3.05) is 5.75 Å². The van der Waals surface area contributed by atoms with Crippen LogP contribution in [-0.2, 0) is 28.3 Å². The van der Waals surface area contributed by atoms with Gasteiger partial charge in [0.25, 0.3) is 0 Å². The molecule has 4 rings (SSSR count). The lowest BCUT2D eigenvalue weighted by Gasteiger charge is -2.32. The molecule has 1 fully saturated rings. The number of hydrogen-bond acceptors (Lipinski definition) is 3. The number of hydrogen-bond donors (Lipinski definition) is 1. The first kappa shape index (κ1) is 27.7. The summed E-state index contributed by atoms with van der Waals surface area (Å²) in [4.78, 5) is 29.2. The largest absolute Gasteiger partial charge is 0.352 e. The van der Waals surface area contributed by atoms with Crippen molar-refractivity contribution in [1.29, 1.82) is 0 Å². The first-order chi connectivity index (χ1) is 18.0. The van der Waals surface area contributed by atoms with Crippen molar-refractivity contribution in [2.45, 2.75) is 56.5 Å². The Kier molecular flexibility index (Phi) is 10.5. The van der Waals surface area contributed by atoms with Gasteiger partial charge in [-0.2, -0.15) is 0 Å². The summed E-state index contributed by atoms with van der Waals surface area (Å²) in [7, 11) is 0. The SMILES string of the molecule is O=C(NC1CCCC1)[C@H](Cc1ccccc1)N(Cc1ccc(Br)cc1)C(=O)CSCc1ccccc1Cl. The average Bonchev–Trinajstić information content (AvgIpc) is 3.42. The van der Waals surface area contributed by atoms with Crippen LogP contribution >= 0.6 is 39.3 Å². The molecule has 1 aliphatic rings. The Morgan fingerprint density at radius 3 is 2.32 bits per heavy atom. The van der Waals surface area contributed by atoms with E-state index < -0.39 is 6.04 Å². The van der Waals surface area contributed by atoms with Crippen molar-refractivity contribution in [1.82, 2.24) is 10.2 Å². The molecule has 4 nitrogen and oxygen atoms in total. The van der Waals surface area contributed by atoms with E-state index in [0.29, 0.717) is 23.7 Å². The van der Waals surface area contributed by atoms with Gasteiger partial charge in [-0.3, -0.25) is 9.59 Å². The highest BCUT2D eigenvalue weighted by molar-refractivity contribution is 9.10. The van der Waals surface area contributed by atoms with Gasteiger partial charge in [-0.15, -0.1) is 11.8 Å². The van der Waals surface area contributed by atoms with Crippen LogP contribution in [0.4, 0.5) is 0 Å². The average molecular weight is 600 g/mol. The summed E-state index contributed by atoms with van der Waals surface area (Å²) in [6.07, 6.45) is 4.73. The van der Waals surface area contributed by atoms with Gasteiger partial charge in [-0.05, 0) is 47.7 Å². The Bertz CT molecular complexity index is 1170. The maximum atomic E-state index is 13.7. The van der Waals surface area contributed by atoms with Crippen molar-refractivity contribution >= 4 is 51.1 Å². The Balaban J connectivity index is 1.56. The summed E-state index contributed by atoms with van der Waals surface area (Å²) < 4.78 is 0.976. The summed E-state index contributed by atoms with van der Waals surface area (Å²) in [5.74, 6) is 0.777. The Morgan fingerprint density at radius 2 is 1.62 bits per heavy atom. The second kappa shape index (κ2) is 14.0. The van der Waals surface area contributed by atoms with E-state index in [1.165, 1.54) is 11.8 Å². The van der Waals surface area contributed by atoms with E-state index in [1.54, 1.807) is 4.90 Å². The van der Waals surface area contributed by atoms with Crippen LogP contribution < -0.4 is 5.32 Å². The Morgan fingerprint density at radius 1 is 0.946 bits per heavy atom. The predicted octanol–water partition coefficient (Wildman–Crippen LogP) is 7.03. The quantitative estimate of drug-likeness (QED) is 0.257. The first-order valence-electron chi connectivity index (χ1n) is 12.7. The number of nitrogens with zero attached hydrogens (tertiary/aromatic N) is 1. The third kappa shape index (κ3) is 8.36. The van der Waals surface area contributed by atoms with Gasteiger partial charge in [0, 0.05) is 34.3 Å². The summed E-state index contributed by atoms with van der Waals surface area (Å²) in [6.45, 7) is 0.369. The highest BCUT2D eigenvalue weighted by Crippen LogP contribution is 2.24. The van der Waals surface area contributed by atoms with Crippen LogP contribution in [0.25, 0.3) is 0 Å². The van der Waals surface area contributed by atoms with E-state index in [9.17, 15) is 9.59 Å². The molecule has 1 N–H and O–H groups in total. The molecular formula is C30H32BrClN2O2S. The fourth-order valence-corrected chi connectivity index (χ4v) is 6.11. The molecule has 0 unspecified atom stereocenters. The molecular weight excluding hydrogens is 568 g/mol. The standard InChI is InChI=1S/C30H32BrClN2O2S/c31-25-16-14-23(15-17-25)19-34(29(35)21-37-20-24-10-4-7-13-27(24)32)28(18-22-8-2-1-3-9-22)30(36)33-26-11-5-6-12-26/h1-4,7-10,13-17,26,28H,5-6,11-12,18-21H2,(H,33,36)/t28-/m0/s1. The first-order valence-corrected chi connectivity index (χ1v) is 15.0. The van der Waals surface area contributed by atoms with Crippen LogP contribution in [0.2, 0.25) is 5.02 Å². The third-order valence-electron chi connectivity index (χ3n) is 6.68. The fourth-order valence-electron chi connectivity index (χ4n) is 4.65. The molecule has 3 aromatic rings. The number of rotatable bonds is 11. The van der Waals surface area contributed by atoms with Crippen molar-refractivity contribution in [3.05, 3.63) is 105 Å². The minimum atomic E-state index is -0.597. The van der Waals surface area contributed by atoms with E-state index >= 15 is 0 Å². The lowest BCUT2D eigenvalue weighted by Crippen LogP contribution is -2.52. The monoisotopic (exact) mass is 598 g/mol. The van der Waals surface area contributed by atoms with Gasteiger partial charge in [0.15, 0.2) is 0 Å². The van der Waals surface area contributed by atoms with E-state index in [0.717, 1.165) is 46.8 Å². The molecule has 3 aromatic carbocycles. The van der Waals surface area contributed by atoms with Crippen molar-refractivity contribution in [3.63, 3.8) is 0 Å². The Hall–Kier alpha value is -2.28. The number of benzene rings is 3. The lowest BCUT2D eigenvalue weighted by atomic mass is 10.0. The highest BCUT2D eigenvalue weighted by atomic mass is 79.9. The minimum absolute atomic E-state index is 0.0533. The molecule has 2 amide bonds. The van der Waals surface area contributed by atoms with Crippen LogP contribution in [0.15, 0.2) is 83.3 Å². The zero-order valence-electron chi connectivity index (χ0n) is 20.7. The van der Waals surface area contributed by atoms with Gasteiger partial charge in [-0.25, -0.2) is 0 Å². The summed E-state index contributed by atoms with van der Waals surface area (Å²) in [5, 5.41) is 3.96. The summed E-state index contributed by atoms with van der Waals surface area (Å²) in [5.41, 5.74) is 3.02. The fraction of sp³-hybridized carbons (Fsp3) is 0.333. The number of amides is 2. The van der Waals surface area contributed by atoms with E-state index in [2.05, 4.69) is 21.2 Å². The maximum absolute atomic E-state index is 13.7. The molecule has 0 heterocycles. The number of thioether (sulfide) groups is 1. The molecule has 194 valence electrons. The lowest BCUT2D eigenvalue weighted by molar-refractivity contribution is -0.139. The zero-order chi connectivity index (χ0) is 26.0. The molecule has 0 spiro atoms. The van der Waals surface area contributed by atoms with Gasteiger partial charge in [0.2, 0.25) is 11.8 Å². The molecule has 0 bridgehead atoms. The second-order valence-corrected chi connectivity index (χ2v) is 11.7. The van der Waals surface area contributed by atoms with Crippen LogP contribution in [0.1, 0.15) is 42.4 Å². The predicted molar refractivity (Wildman–Crippen MR) is 157 cm³/mol. The number of halogens is 2. The smallest absolute Gasteiger partial charge is 0.243 e. The van der Waals surface area contributed by atoms with Crippen LogP contribution in [0.5, 0.6) is 0 Å². The third-order valence-corrected chi connectivity index (χ3v) is 8.54. The molecule has 0 aromatic heterocycles. The minimum Gasteiger partial charge on any atom is -0.352 e. The Labute approximate surface area is 237 Å². The molecule has 7 heteroatoms. The van der Waals surface area contributed by atoms with Crippen molar-refractivity contribution < 1.29 is 9.59 Å². The second-order valence-electron chi connectivity index (χ2n) is 9.43. The normalized spacial score (nSPS) is 14.3. The maximum Gasteiger partial charge on any atom is 0.243 e. The molecule has 0 radical (unpaired) electrons. The van der Waals surface area contributed by atoms with Gasteiger partial charge in [-0.1, -0.05) is 101 Å². The van der Waals surface area contributed by atoms with Crippen LogP contribution in [-0.4, -0.2) is 34.6 Å². The molecule has 1 atom stereocenters. The highest BCUT2D eigenvalue weighted by Gasteiger charge is 2.32. The molecule has 37 heavy (non-hydrogen) atoms. The molecule has 1 aliphatic carbocycles. The van der Waals surface area contributed by atoms with Gasteiger partial charge in [0.05, 0.1) is 5.75 Å². The summed E-state index contributed by atoms with van der Waals surface area (Å²) in [6, 6.07) is 25.2. The number of carbonyl (C=O) groups excluding carboxylic acids is 2. The molecule has 1 saturated carbocycles. The number of carbonyl (C=O) groups is 2. The summed E-state index contributed by atoms with van der Waals surface area (Å²) >= 11 is 11.3. The van der Waals surface area contributed by atoms with Crippen molar-refractivity contribution in [3.8, 4) is 0 Å². The van der Waals surface area contributed by atoms with Crippen LogP contribution in [0.3, 0.4) is 0 Å². The van der Waals surface area contributed by atoms with Crippen LogP contribution in [0, 0.1) is 0 Å². The van der Waals surface area contributed by atoms with E-state index in [4.69, 9.17) is 11.6 Å². The van der Waals surface area contributed by atoms with Crippen molar-refractivity contribution in [2.24, 2.45) is 0 Å². The van der Waals surface area contributed by atoms with Gasteiger partial charge < -0.3 is 10.2 Å². The van der Waals surface area contributed by atoms with E-state index in [-0.39, 0.29) is 23.6 Å². The van der Waals surface area contributed by atoms with Gasteiger partial charge in [0.1, 0.15) is 6.04 Å². The zero-order valence-corrected chi connectivity index (χ0v) is 23.9. The van der Waals surface area contributed by atoms with Gasteiger partial charge >= 0.3 is 0 Å². The number of nitrogens with one attached hydrogen (secondary N) is 1. The molecule has 0 saturated heterocycles.